The highest BCUT2D eigenvalue weighted by Gasteiger charge is 2.49. The maximum absolute atomic E-state index is 10.4. The molecule has 0 bridgehead atoms. The van der Waals surface area contributed by atoms with E-state index in [1.54, 1.807) is 27.7 Å². The molecule has 4 atom stereocenters. The van der Waals surface area contributed by atoms with Gasteiger partial charge in [0.25, 0.3) is 0 Å². The molecule has 2 aliphatic heterocycles. The third-order valence-electron chi connectivity index (χ3n) is 3.13. The van der Waals surface area contributed by atoms with Crippen molar-refractivity contribution in [3.63, 3.8) is 0 Å². The minimum atomic E-state index is -0.938. The summed E-state index contributed by atoms with van der Waals surface area (Å²) in [6.45, 7) is 7.30. The van der Waals surface area contributed by atoms with Crippen molar-refractivity contribution in [2.24, 2.45) is 5.16 Å². The predicted molar refractivity (Wildman–Crippen MR) is 65.0 cm³/mol. The average Bonchev–Trinajstić information content (AvgIpc) is 2.78. The minimum Gasteiger partial charge on any atom is -0.411 e. The Kier molecular flexibility index (Phi) is 3.85. The van der Waals surface area contributed by atoms with Crippen LogP contribution in [0.2, 0.25) is 0 Å². The highest BCUT2D eigenvalue weighted by molar-refractivity contribution is 5.64. The first-order valence-electron chi connectivity index (χ1n) is 6.27. The monoisotopic (exact) mass is 275 g/mol. The summed E-state index contributed by atoms with van der Waals surface area (Å²) < 4.78 is 22.2. The maximum atomic E-state index is 10.4. The van der Waals surface area contributed by atoms with E-state index in [1.807, 2.05) is 0 Å². The molecule has 19 heavy (non-hydrogen) atoms. The Labute approximate surface area is 112 Å². The van der Waals surface area contributed by atoms with Gasteiger partial charge >= 0.3 is 0 Å². The number of ether oxygens (including phenoxy) is 4. The number of nitrogens with zero attached hydrogens (tertiary/aromatic N) is 1. The zero-order valence-corrected chi connectivity index (χ0v) is 11.6. The summed E-state index contributed by atoms with van der Waals surface area (Å²) in [4.78, 5) is 0. The van der Waals surface area contributed by atoms with Gasteiger partial charge in [0, 0.05) is 0 Å². The Morgan fingerprint density at radius 3 is 2.37 bits per heavy atom. The Hall–Kier alpha value is -0.730. The van der Waals surface area contributed by atoms with Gasteiger partial charge < -0.3 is 29.3 Å². The second kappa shape index (κ2) is 4.99. The van der Waals surface area contributed by atoms with Crippen LogP contribution in [-0.4, -0.2) is 59.1 Å². The van der Waals surface area contributed by atoms with Crippen LogP contribution in [0.15, 0.2) is 5.16 Å². The van der Waals surface area contributed by atoms with Gasteiger partial charge in [0.2, 0.25) is 0 Å². The van der Waals surface area contributed by atoms with Gasteiger partial charge in [-0.25, -0.2) is 0 Å². The van der Waals surface area contributed by atoms with Gasteiger partial charge in [-0.05, 0) is 27.7 Å². The van der Waals surface area contributed by atoms with Gasteiger partial charge in [-0.3, -0.25) is 0 Å². The van der Waals surface area contributed by atoms with Crippen molar-refractivity contribution in [3.8, 4) is 0 Å². The Morgan fingerprint density at radius 2 is 1.84 bits per heavy atom. The van der Waals surface area contributed by atoms with Gasteiger partial charge in [0.1, 0.15) is 24.4 Å². The lowest BCUT2D eigenvalue weighted by Gasteiger charge is -2.25. The van der Waals surface area contributed by atoms with Crippen molar-refractivity contribution < 1.29 is 29.3 Å². The third-order valence-corrected chi connectivity index (χ3v) is 3.13. The smallest absolute Gasteiger partial charge is 0.164 e. The number of hydrogen-bond donors (Lipinski definition) is 2. The number of aliphatic hydroxyl groups excluding tert-OH is 1. The van der Waals surface area contributed by atoms with E-state index >= 15 is 0 Å². The molecular weight excluding hydrogens is 254 g/mol. The van der Waals surface area contributed by atoms with Crippen LogP contribution in [0, 0.1) is 0 Å². The number of hydrogen-bond acceptors (Lipinski definition) is 7. The van der Waals surface area contributed by atoms with E-state index in [0.29, 0.717) is 0 Å². The largest absolute Gasteiger partial charge is 0.411 e. The van der Waals surface area contributed by atoms with E-state index in [9.17, 15) is 5.11 Å². The van der Waals surface area contributed by atoms with E-state index in [1.165, 1.54) is 6.21 Å². The van der Waals surface area contributed by atoms with Crippen LogP contribution in [0.5, 0.6) is 0 Å². The number of oxime groups is 1. The molecule has 2 fully saturated rings. The molecule has 0 saturated carbocycles. The molecule has 0 aromatic heterocycles. The lowest BCUT2D eigenvalue weighted by atomic mass is 10.0. The standard InChI is InChI=1S/C12H21NO6/c1-11(2)16-6-8(18-11)9(14)10-7(5-13-15)17-12(3,4)19-10/h5,7-10,14-15H,6H2,1-4H3/b13-5+/t7?,8-,9+,10-/m1/s1. The first-order chi connectivity index (χ1) is 8.74. The Balaban J connectivity index is 2.07. The highest BCUT2D eigenvalue weighted by atomic mass is 16.8. The molecule has 2 aliphatic rings. The summed E-state index contributed by atoms with van der Waals surface area (Å²) in [6.07, 6.45) is -1.56. The maximum Gasteiger partial charge on any atom is 0.164 e. The zero-order valence-electron chi connectivity index (χ0n) is 11.6. The molecule has 0 spiro atoms. The Morgan fingerprint density at radius 1 is 1.16 bits per heavy atom. The molecular formula is C12H21NO6. The van der Waals surface area contributed by atoms with E-state index in [0.717, 1.165) is 0 Å². The summed E-state index contributed by atoms with van der Waals surface area (Å²) in [7, 11) is 0. The molecule has 0 aromatic rings. The van der Waals surface area contributed by atoms with E-state index in [-0.39, 0.29) is 6.61 Å². The van der Waals surface area contributed by atoms with Crippen LogP contribution in [0.1, 0.15) is 27.7 Å². The summed E-state index contributed by atoms with van der Waals surface area (Å²) in [6, 6.07) is 0. The quantitative estimate of drug-likeness (QED) is 0.442. The third kappa shape index (κ3) is 3.24. The fraction of sp³-hybridized carbons (Fsp3) is 0.917. The van der Waals surface area contributed by atoms with Crippen LogP contribution in [0.4, 0.5) is 0 Å². The predicted octanol–water partition coefficient (Wildman–Crippen LogP) is 0.479. The normalized spacial score (nSPS) is 38.9. The molecule has 0 aliphatic carbocycles. The number of aliphatic hydroxyl groups is 1. The lowest BCUT2D eigenvalue weighted by molar-refractivity contribution is -0.178. The molecule has 1 unspecified atom stereocenters. The zero-order chi connectivity index (χ0) is 14.3. The summed E-state index contributed by atoms with van der Waals surface area (Å²) in [5, 5.41) is 22.0. The van der Waals surface area contributed by atoms with Gasteiger partial charge in [0.15, 0.2) is 11.6 Å². The van der Waals surface area contributed by atoms with Crippen LogP contribution >= 0.6 is 0 Å². The highest BCUT2D eigenvalue weighted by Crippen LogP contribution is 2.33. The molecule has 0 radical (unpaired) electrons. The van der Waals surface area contributed by atoms with Crippen molar-refractivity contribution >= 4 is 6.21 Å². The summed E-state index contributed by atoms with van der Waals surface area (Å²) in [5.41, 5.74) is 0. The molecule has 2 rings (SSSR count). The minimum absolute atomic E-state index is 0.275. The van der Waals surface area contributed by atoms with Gasteiger partial charge in [-0.1, -0.05) is 5.16 Å². The first kappa shape index (κ1) is 14.7. The van der Waals surface area contributed by atoms with Crippen molar-refractivity contribution in [1.82, 2.24) is 0 Å². The van der Waals surface area contributed by atoms with Crippen molar-refractivity contribution in [2.75, 3.05) is 6.61 Å². The summed E-state index contributed by atoms with van der Waals surface area (Å²) in [5.74, 6) is -1.58. The van der Waals surface area contributed by atoms with Crippen LogP contribution < -0.4 is 0 Å². The lowest BCUT2D eigenvalue weighted by Crippen LogP contribution is -2.45. The van der Waals surface area contributed by atoms with Gasteiger partial charge in [0.05, 0.1) is 12.8 Å². The molecule has 0 aromatic carbocycles. The van der Waals surface area contributed by atoms with E-state index < -0.39 is 36.0 Å². The topological polar surface area (TPSA) is 89.7 Å². The molecule has 7 heteroatoms. The fourth-order valence-electron chi connectivity index (χ4n) is 2.36. The fourth-order valence-corrected chi connectivity index (χ4v) is 2.36. The van der Waals surface area contributed by atoms with Gasteiger partial charge in [-0.2, -0.15) is 0 Å². The summed E-state index contributed by atoms with van der Waals surface area (Å²) >= 11 is 0. The van der Waals surface area contributed by atoms with E-state index in [4.69, 9.17) is 24.2 Å². The second-order valence-corrected chi connectivity index (χ2v) is 5.69. The Bertz CT molecular complexity index is 356. The molecule has 2 heterocycles. The van der Waals surface area contributed by atoms with Crippen LogP contribution in [0.25, 0.3) is 0 Å². The first-order valence-corrected chi connectivity index (χ1v) is 6.27. The van der Waals surface area contributed by atoms with Crippen molar-refractivity contribution in [2.45, 2.75) is 63.7 Å². The molecule has 0 amide bonds. The van der Waals surface area contributed by atoms with Crippen molar-refractivity contribution in [1.29, 1.82) is 0 Å². The average molecular weight is 275 g/mol. The van der Waals surface area contributed by atoms with E-state index in [2.05, 4.69) is 5.16 Å². The second-order valence-electron chi connectivity index (χ2n) is 5.69. The molecule has 110 valence electrons. The SMILES string of the molecule is CC1(C)OC(/C=N/O)[C@H]([C@@H](O)[C@H]2COC(C)(C)O2)O1. The van der Waals surface area contributed by atoms with Crippen LogP contribution in [-0.2, 0) is 18.9 Å². The van der Waals surface area contributed by atoms with Crippen LogP contribution in [0.3, 0.4) is 0 Å². The molecule has 2 N–H and O–H groups in total. The molecule has 7 nitrogen and oxygen atoms in total. The van der Waals surface area contributed by atoms with Gasteiger partial charge in [-0.15, -0.1) is 0 Å². The number of rotatable bonds is 3. The molecule has 2 saturated heterocycles. The van der Waals surface area contributed by atoms with Crippen molar-refractivity contribution in [3.05, 3.63) is 0 Å².